The van der Waals surface area contributed by atoms with Gasteiger partial charge in [0, 0.05) is 32.2 Å². The first-order valence-electron chi connectivity index (χ1n) is 8.30. The van der Waals surface area contributed by atoms with Gasteiger partial charge in [0.2, 0.25) is 0 Å². The monoisotopic (exact) mass is 368 g/mol. The first kappa shape index (κ1) is 18.1. The molecule has 0 atom stereocenters. The molecule has 2 saturated heterocycles. The van der Waals surface area contributed by atoms with E-state index < -0.39 is 16.0 Å². The molecular formula is C16H21FN4O3S. The van der Waals surface area contributed by atoms with Gasteiger partial charge in [-0.05, 0) is 25.0 Å². The first-order chi connectivity index (χ1) is 12.0. The summed E-state index contributed by atoms with van der Waals surface area (Å²) in [5, 5.41) is 12.3. The highest BCUT2D eigenvalue weighted by atomic mass is 32.2. The van der Waals surface area contributed by atoms with Crippen LogP contribution in [0.4, 0.5) is 10.1 Å². The van der Waals surface area contributed by atoms with Crippen molar-refractivity contribution < 1.29 is 17.5 Å². The van der Waals surface area contributed by atoms with Gasteiger partial charge in [-0.1, -0.05) is 6.07 Å². The fourth-order valence-corrected chi connectivity index (χ4v) is 4.76. The summed E-state index contributed by atoms with van der Waals surface area (Å²) in [6.07, 6.45) is 1.20. The molecule has 0 unspecified atom stereocenters. The highest BCUT2D eigenvalue weighted by molar-refractivity contribution is 7.86. The van der Waals surface area contributed by atoms with Crippen LogP contribution in [0.3, 0.4) is 0 Å². The molecular weight excluding hydrogens is 347 g/mol. The molecule has 2 fully saturated rings. The van der Waals surface area contributed by atoms with Gasteiger partial charge >= 0.3 is 0 Å². The molecule has 25 heavy (non-hydrogen) atoms. The minimum Gasteiger partial charge on any atom is -0.381 e. The summed E-state index contributed by atoms with van der Waals surface area (Å²) in [5.41, 5.74) is 0.447. The maximum absolute atomic E-state index is 13.7. The predicted molar refractivity (Wildman–Crippen MR) is 90.6 cm³/mol. The lowest BCUT2D eigenvalue weighted by molar-refractivity contribution is 0.0697. The average molecular weight is 368 g/mol. The zero-order valence-electron chi connectivity index (χ0n) is 13.8. The minimum absolute atomic E-state index is 0.00467. The molecule has 7 nitrogen and oxygen atoms in total. The molecule has 136 valence electrons. The number of benzene rings is 1. The Balaban J connectivity index is 1.61. The van der Waals surface area contributed by atoms with Crippen molar-refractivity contribution in [2.75, 3.05) is 44.7 Å². The lowest BCUT2D eigenvalue weighted by Crippen LogP contribution is -2.51. The summed E-state index contributed by atoms with van der Waals surface area (Å²) in [5.74, 6) is -0.556. The van der Waals surface area contributed by atoms with Crippen molar-refractivity contribution in [2.24, 2.45) is 0 Å². The number of nitrogens with one attached hydrogen (secondary N) is 1. The van der Waals surface area contributed by atoms with Crippen LogP contribution in [0, 0.1) is 17.1 Å². The van der Waals surface area contributed by atoms with E-state index in [1.165, 1.54) is 14.7 Å². The van der Waals surface area contributed by atoms with Crippen molar-refractivity contribution >= 4 is 15.9 Å². The minimum atomic E-state index is -3.45. The van der Waals surface area contributed by atoms with Gasteiger partial charge in [-0.3, -0.25) is 0 Å². The second-order valence-corrected chi connectivity index (χ2v) is 8.04. The molecule has 2 heterocycles. The number of hydrogen-bond donors (Lipinski definition) is 1. The molecule has 2 aliphatic heterocycles. The van der Waals surface area contributed by atoms with Crippen LogP contribution in [0.5, 0.6) is 0 Å². The van der Waals surface area contributed by atoms with Crippen molar-refractivity contribution in [3.05, 3.63) is 29.6 Å². The van der Waals surface area contributed by atoms with E-state index in [0.29, 0.717) is 57.9 Å². The Labute approximate surface area is 147 Å². The van der Waals surface area contributed by atoms with Gasteiger partial charge in [-0.2, -0.15) is 22.3 Å². The number of ether oxygens (including phenoxy) is 1. The van der Waals surface area contributed by atoms with E-state index >= 15 is 0 Å². The van der Waals surface area contributed by atoms with Crippen molar-refractivity contribution in [3.63, 3.8) is 0 Å². The molecule has 1 N–H and O–H groups in total. The maximum atomic E-state index is 13.7. The number of halogens is 1. The molecule has 0 aromatic heterocycles. The van der Waals surface area contributed by atoms with Crippen LogP contribution in [0.2, 0.25) is 0 Å². The number of nitrogens with zero attached hydrogens (tertiary/aromatic N) is 3. The smallest absolute Gasteiger partial charge is 0.282 e. The number of anilines is 1. The largest absolute Gasteiger partial charge is 0.381 e. The molecule has 0 saturated carbocycles. The Morgan fingerprint density at radius 2 is 1.80 bits per heavy atom. The van der Waals surface area contributed by atoms with Gasteiger partial charge in [0.05, 0.1) is 18.9 Å². The number of piperidine rings is 1. The maximum Gasteiger partial charge on any atom is 0.282 e. The Hall–Kier alpha value is -1.73. The fourth-order valence-electron chi connectivity index (χ4n) is 3.15. The second-order valence-electron chi connectivity index (χ2n) is 6.11. The summed E-state index contributed by atoms with van der Waals surface area (Å²) in [6.45, 7) is 2.41. The molecule has 2 aliphatic rings. The SMILES string of the molecule is N#Cc1c(F)cccc1NC1CCN(S(=O)(=O)N2CCOCC2)CC1. The zero-order chi connectivity index (χ0) is 17.9. The molecule has 9 heteroatoms. The van der Waals surface area contributed by atoms with Crippen LogP contribution < -0.4 is 5.32 Å². The number of hydrogen-bond acceptors (Lipinski definition) is 5. The Bertz CT molecular complexity index is 751. The average Bonchev–Trinajstić information content (AvgIpc) is 2.63. The molecule has 0 radical (unpaired) electrons. The van der Waals surface area contributed by atoms with E-state index in [1.54, 1.807) is 12.1 Å². The quantitative estimate of drug-likeness (QED) is 0.862. The van der Waals surface area contributed by atoms with Gasteiger partial charge in [0.1, 0.15) is 17.4 Å². The van der Waals surface area contributed by atoms with E-state index in [4.69, 9.17) is 10.00 Å². The topological polar surface area (TPSA) is 85.7 Å². The third kappa shape index (κ3) is 3.93. The van der Waals surface area contributed by atoms with Crippen LogP contribution in [0.1, 0.15) is 18.4 Å². The lowest BCUT2D eigenvalue weighted by Gasteiger charge is -2.36. The highest BCUT2D eigenvalue weighted by Crippen LogP contribution is 2.24. The molecule has 3 rings (SSSR count). The number of rotatable bonds is 4. The van der Waals surface area contributed by atoms with Gasteiger partial charge in [-0.15, -0.1) is 0 Å². The number of nitriles is 1. The van der Waals surface area contributed by atoms with Crippen molar-refractivity contribution in [2.45, 2.75) is 18.9 Å². The third-order valence-corrected chi connectivity index (χ3v) is 6.60. The predicted octanol–water partition coefficient (Wildman–Crippen LogP) is 1.15. The summed E-state index contributed by atoms with van der Waals surface area (Å²) >= 11 is 0. The van der Waals surface area contributed by atoms with E-state index in [0.717, 1.165) is 0 Å². The molecule has 0 bridgehead atoms. The number of morpholine rings is 1. The van der Waals surface area contributed by atoms with Gasteiger partial charge in [0.25, 0.3) is 10.2 Å². The Kier molecular flexibility index (Phi) is 5.54. The summed E-state index contributed by atoms with van der Waals surface area (Å²) in [4.78, 5) is 0. The molecule has 0 spiro atoms. The van der Waals surface area contributed by atoms with Crippen molar-refractivity contribution in [3.8, 4) is 6.07 Å². The molecule has 1 aromatic carbocycles. The van der Waals surface area contributed by atoms with Crippen molar-refractivity contribution in [1.29, 1.82) is 5.26 Å². The first-order valence-corrected chi connectivity index (χ1v) is 9.70. The van der Waals surface area contributed by atoms with Crippen LogP contribution in [-0.2, 0) is 14.9 Å². The van der Waals surface area contributed by atoms with Crippen molar-refractivity contribution in [1.82, 2.24) is 8.61 Å². The van der Waals surface area contributed by atoms with Crippen LogP contribution >= 0.6 is 0 Å². The zero-order valence-corrected chi connectivity index (χ0v) is 14.6. The Morgan fingerprint density at radius 3 is 2.44 bits per heavy atom. The third-order valence-electron chi connectivity index (χ3n) is 4.56. The standard InChI is InChI=1S/C16H21FN4O3S/c17-15-2-1-3-16(14(15)12-18)19-13-4-6-20(7-5-13)25(22,23)21-8-10-24-11-9-21/h1-3,13,19H,4-11H2. The van der Waals surface area contributed by atoms with Crippen LogP contribution in [0.25, 0.3) is 0 Å². The summed E-state index contributed by atoms with van der Waals surface area (Å²) < 4.78 is 47.1. The van der Waals surface area contributed by atoms with E-state index in [-0.39, 0.29) is 11.6 Å². The fraction of sp³-hybridized carbons (Fsp3) is 0.562. The summed E-state index contributed by atoms with van der Waals surface area (Å²) in [6, 6.07) is 6.34. The molecule has 1 aromatic rings. The van der Waals surface area contributed by atoms with E-state index in [2.05, 4.69) is 5.32 Å². The summed E-state index contributed by atoms with van der Waals surface area (Å²) in [7, 11) is -3.45. The molecule has 0 amide bonds. The van der Waals surface area contributed by atoms with Gasteiger partial charge in [0.15, 0.2) is 0 Å². The van der Waals surface area contributed by atoms with Crippen LogP contribution in [-0.4, -0.2) is 62.5 Å². The molecule has 0 aliphatic carbocycles. The van der Waals surface area contributed by atoms with E-state index in [1.807, 2.05) is 6.07 Å². The lowest BCUT2D eigenvalue weighted by atomic mass is 10.1. The highest BCUT2D eigenvalue weighted by Gasteiger charge is 2.33. The normalized spacial score (nSPS) is 21.0. The van der Waals surface area contributed by atoms with Gasteiger partial charge in [-0.25, -0.2) is 4.39 Å². The van der Waals surface area contributed by atoms with Gasteiger partial charge < -0.3 is 10.1 Å². The van der Waals surface area contributed by atoms with Crippen LogP contribution in [0.15, 0.2) is 18.2 Å². The Morgan fingerprint density at radius 1 is 1.16 bits per heavy atom. The van der Waals surface area contributed by atoms with E-state index in [9.17, 15) is 12.8 Å². The second kappa shape index (κ2) is 7.66.